The van der Waals surface area contributed by atoms with E-state index in [9.17, 15) is 0 Å². The molecule has 0 bridgehead atoms. The monoisotopic (exact) mass is 379 g/mol. The molecule has 0 aromatic rings. The van der Waals surface area contributed by atoms with Crippen LogP contribution in [0.25, 0.3) is 0 Å². The first kappa shape index (κ1) is 24.4. The highest BCUT2D eigenvalue weighted by Crippen LogP contribution is 2.15. The topological polar surface area (TPSA) is 21.7 Å². The Balaban J connectivity index is 1.82. The number of likely N-dealkylation sites (tertiary alicyclic amines) is 1. The summed E-state index contributed by atoms with van der Waals surface area (Å²) < 4.78 is 11.5. The molecule has 0 N–H and O–H groups in total. The van der Waals surface area contributed by atoms with Crippen molar-refractivity contribution in [2.75, 3.05) is 33.9 Å². The molecule has 0 aromatic heterocycles. The lowest BCUT2D eigenvalue weighted by Crippen LogP contribution is -2.29. The summed E-state index contributed by atoms with van der Waals surface area (Å²) >= 11 is 0. The minimum absolute atomic E-state index is 0.250. The fourth-order valence-corrected chi connectivity index (χ4v) is 3.64. The second-order valence-electron chi connectivity index (χ2n) is 7.99. The van der Waals surface area contributed by atoms with Crippen LogP contribution in [0.2, 0.25) is 0 Å². The summed E-state index contributed by atoms with van der Waals surface area (Å²) in [6.45, 7) is 5.13. The highest BCUT2D eigenvalue weighted by molar-refractivity contribution is 4.92. The zero-order valence-corrected chi connectivity index (χ0v) is 18.3. The van der Waals surface area contributed by atoms with Gasteiger partial charge < -0.3 is 14.4 Å². The van der Waals surface area contributed by atoms with Gasteiger partial charge in [0.05, 0.1) is 12.2 Å². The molecule has 1 rings (SSSR count). The molecule has 3 nitrogen and oxygen atoms in total. The number of unbranched alkanes of at least 4 members (excludes halogenated alkanes) is 9. The molecule has 2 atom stereocenters. The number of hydrogen-bond donors (Lipinski definition) is 0. The number of allylic oxidation sites excluding steroid dienone is 4. The van der Waals surface area contributed by atoms with Crippen LogP contribution >= 0.6 is 0 Å². The van der Waals surface area contributed by atoms with E-state index in [1.807, 2.05) is 0 Å². The van der Waals surface area contributed by atoms with E-state index < -0.39 is 0 Å². The van der Waals surface area contributed by atoms with Gasteiger partial charge in [0.2, 0.25) is 0 Å². The smallest absolute Gasteiger partial charge is 0.0975 e. The Morgan fingerprint density at radius 1 is 0.778 bits per heavy atom. The van der Waals surface area contributed by atoms with Crippen molar-refractivity contribution in [2.45, 2.75) is 96.2 Å². The lowest BCUT2D eigenvalue weighted by atomic mass is 10.1. The summed E-state index contributed by atoms with van der Waals surface area (Å²) in [5, 5.41) is 0. The Morgan fingerprint density at radius 2 is 1.37 bits per heavy atom. The number of hydrogen-bond acceptors (Lipinski definition) is 3. The molecular weight excluding hydrogens is 334 g/mol. The molecule has 0 saturated carbocycles. The van der Waals surface area contributed by atoms with Crippen LogP contribution in [0.3, 0.4) is 0 Å². The zero-order chi connectivity index (χ0) is 19.6. The standard InChI is InChI=1S/C24H45NO2/c1-4-5-6-7-8-9-10-11-12-13-14-15-16-17-18-19-20-27-24-22-25(2)21-23(24)26-3/h8-9,11-12,23-24H,4-7,10,13-22H2,1-3H3/b9-8-,12-11-/t23-,24?/m1/s1. The minimum Gasteiger partial charge on any atom is -0.377 e. The summed E-state index contributed by atoms with van der Waals surface area (Å²) in [6, 6.07) is 0. The first-order chi connectivity index (χ1) is 13.3. The molecule has 3 heteroatoms. The van der Waals surface area contributed by atoms with E-state index in [-0.39, 0.29) is 12.2 Å². The third-order valence-corrected chi connectivity index (χ3v) is 5.38. The Labute approximate surface area is 169 Å². The average molecular weight is 380 g/mol. The van der Waals surface area contributed by atoms with Gasteiger partial charge in [-0.1, -0.05) is 69.8 Å². The Morgan fingerprint density at radius 3 is 2.04 bits per heavy atom. The molecule has 1 aliphatic heterocycles. The number of rotatable bonds is 17. The lowest BCUT2D eigenvalue weighted by molar-refractivity contribution is -0.0291. The van der Waals surface area contributed by atoms with Crippen molar-refractivity contribution in [2.24, 2.45) is 0 Å². The maximum Gasteiger partial charge on any atom is 0.0975 e. The maximum absolute atomic E-state index is 6.01. The summed E-state index contributed by atoms with van der Waals surface area (Å²) in [5.74, 6) is 0. The van der Waals surface area contributed by atoms with Gasteiger partial charge in [-0.3, -0.25) is 0 Å². The third kappa shape index (κ3) is 13.2. The average Bonchev–Trinajstić information content (AvgIpc) is 3.04. The highest BCUT2D eigenvalue weighted by Gasteiger charge is 2.31. The number of ether oxygens (including phenoxy) is 2. The van der Waals surface area contributed by atoms with E-state index in [1.54, 1.807) is 7.11 Å². The summed E-state index contributed by atoms with van der Waals surface area (Å²) in [7, 11) is 3.93. The van der Waals surface area contributed by atoms with E-state index in [0.717, 1.165) is 26.1 Å². The summed E-state index contributed by atoms with van der Waals surface area (Å²) in [4.78, 5) is 2.29. The van der Waals surface area contributed by atoms with Crippen molar-refractivity contribution in [1.29, 1.82) is 0 Å². The minimum atomic E-state index is 0.250. The van der Waals surface area contributed by atoms with Crippen molar-refractivity contribution in [1.82, 2.24) is 4.90 Å². The summed E-state index contributed by atoms with van der Waals surface area (Å²) in [6.07, 6.45) is 25.3. The zero-order valence-electron chi connectivity index (χ0n) is 18.3. The van der Waals surface area contributed by atoms with Crippen LogP contribution in [0.15, 0.2) is 24.3 Å². The molecule has 0 radical (unpaired) electrons. The van der Waals surface area contributed by atoms with Gasteiger partial charge in [0.25, 0.3) is 0 Å². The van der Waals surface area contributed by atoms with Crippen LogP contribution in [-0.4, -0.2) is 51.0 Å². The van der Waals surface area contributed by atoms with E-state index in [2.05, 4.69) is 43.2 Å². The molecule has 1 unspecified atom stereocenters. The molecular formula is C24H45NO2. The van der Waals surface area contributed by atoms with Crippen LogP contribution < -0.4 is 0 Å². The molecule has 158 valence electrons. The Hall–Kier alpha value is -0.640. The molecule has 27 heavy (non-hydrogen) atoms. The molecule has 0 amide bonds. The van der Waals surface area contributed by atoms with Crippen LogP contribution in [0.1, 0.15) is 84.0 Å². The van der Waals surface area contributed by atoms with E-state index in [1.165, 1.54) is 70.6 Å². The second kappa shape index (κ2) is 17.5. The highest BCUT2D eigenvalue weighted by atomic mass is 16.5. The number of methoxy groups -OCH3 is 1. The van der Waals surface area contributed by atoms with E-state index in [4.69, 9.17) is 9.47 Å². The fourth-order valence-electron chi connectivity index (χ4n) is 3.64. The predicted molar refractivity (Wildman–Crippen MR) is 117 cm³/mol. The van der Waals surface area contributed by atoms with Gasteiger partial charge in [0.1, 0.15) is 0 Å². The van der Waals surface area contributed by atoms with Gasteiger partial charge in [-0.15, -0.1) is 0 Å². The van der Waals surface area contributed by atoms with E-state index >= 15 is 0 Å². The largest absolute Gasteiger partial charge is 0.377 e. The Kier molecular flexibility index (Phi) is 15.8. The molecule has 1 fully saturated rings. The van der Waals surface area contributed by atoms with Gasteiger partial charge in [-0.2, -0.15) is 0 Å². The molecule has 0 aromatic carbocycles. The van der Waals surface area contributed by atoms with Crippen LogP contribution in [0.4, 0.5) is 0 Å². The normalized spacial score (nSPS) is 21.1. The second-order valence-corrected chi connectivity index (χ2v) is 7.99. The van der Waals surface area contributed by atoms with Gasteiger partial charge in [-0.05, 0) is 45.6 Å². The van der Waals surface area contributed by atoms with Crippen molar-refractivity contribution >= 4 is 0 Å². The first-order valence-electron chi connectivity index (χ1n) is 11.4. The van der Waals surface area contributed by atoms with Gasteiger partial charge >= 0.3 is 0 Å². The molecule has 0 spiro atoms. The van der Waals surface area contributed by atoms with Gasteiger partial charge in [0, 0.05) is 26.8 Å². The first-order valence-corrected chi connectivity index (χ1v) is 11.4. The van der Waals surface area contributed by atoms with Crippen LogP contribution in [-0.2, 0) is 9.47 Å². The van der Waals surface area contributed by atoms with Crippen molar-refractivity contribution < 1.29 is 9.47 Å². The fraction of sp³-hybridized carbons (Fsp3) is 0.833. The van der Waals surface area contributed by atoms with Gasteiger partial charge in [-0.25, -0.2) is 0 Å². The molecule has 1 saturated heterocycles. The summed E-state index contributed by atoms with van der Waals surface area (Å²) in [5.41, 5.74) is 0. The molecule has 1 aliphatic rings. The predicted octanol–water partition coefficient (Wildman–Crippen LogP) is 6.15. The van der Waals surface area contributed by atoms with Crippen LogP contribution in [0, 0.1) is 0 Å². The lowest BCUT2D eigenvalue weighted by Gasteiger charge is -2.17. The quantitative estimate of drug-likeness (QED) is 0.224. The van der Waals surface area contributed by atoms with E-state index in [0.29, 0.717) is 0 Å². The SMILES string of the molecule is CCCCC/C=C\C/C=C\CCCCCCCCOC1CN(C)C[C@H]1OC. The van der Waals surface area contributed by atoms with Gasteiger partial charge in [0.15, 0.2) is 0 Å². The van der Waals surface area contributed by atoms with Crippen molar-refractivity contribution in [3.63, 3.8) is 0 Å². The molecule has 0 aliphatic carbocycles. The Bertz CT molecular complexity index is 381. The van der Waals surface area contributed by atoms with Crippen molar-refractivity contribution in [3.8, 4) is 0 Å². The number of likely N-dealkylation sites (N-methyl/N-ethyl adjacent to an activating group) is 1. The molecule has 1 heterocycles. The number of nitrogens with zero attached hydrogens (tertiary/aromatic N) is 1. The van der Waals surface area contributed by atoms with Crippen molar-refractivity contribution in [3.05, 3.63) is 24.3 Å². The van der Waals surface area contributed by atoms with Crippen LogP contribution in [0.5, 0.6) is 0 Å². The third-order valence-electron chi connectivity index (χ3n) is 5.38. The maximum atomic E-state index is 6.01.